The van der Waals surface area contributed by atoms with Crippen molar-refractivity contribution in [3.8, 4) is 0 Å². The maximum absolute atomic E-state index is 11.9. The van der Waals surface area contributed by atoms with Crippen LogP contribution in [0.25, 0.3) is 0 Å². The van der Waals surface area contributed by atoms with Crippen molar-refractivity contribution in [3.05, 3.63) is 17.0 Å². The SMILES string of the molecule is CCCCNC(=O)Cn1nc(C)c(CNCC(C)C)c1C. The zero-order valence-corrected chi connectivity index (χ0v) is 14.1. The third-order valence-corrected chi connectivity index (χ3v) is 3.53. The molecule has 0 radical (unpaired) electrons. The minimum absolute atomic E-state index is 0.0377. The van der Waals surface area contributed by atoms with E-state index in [1.807, 2.05) is 18.5 Å². The van der Waals surface area contributed by atoms with Gasteiger partial charge < -0.3 is 10.6 Å². The quantitative estimate of drug-likeness (QED) is 0.686. The van der Waals surface area contributed by atoms with Crippen molar-refractivity contribution < 1.29 is 4.79 Å². The zero-order chi connectivity index (χ0) is 15.8. The fourth-order valence-corrected chi connectivity index (χ4v) is 2.23. The fraction of sp³-hybridized carbons (Fsp3) is 0.750. The molecule has 0 saturated carbocycles. The molecule has 1 aromatic heterocycles. The van der Waals surface area contributed by atoms with Crippen LogP contribution in [-0.4, -0.2) is 28.8 Å². The van der Waals surface area contributed by atoms with E-state index < -0.39 is 0 Å². The first-order valence-electron chi connectivity index (χ1n) is 7.96. The number of aryl methyl sites for hydroxylation is 1. The number of nitrogens with zero attached hydrogens (tertiary/aromatic N) is 2. The summed E-state index contributed by atoms with van der Waals surface area (Å²) in [4.78, 5) is 11.9. The molecule has 0 unspecified atom stereocenters. The summed E-state index contributed by atoms with van der Waals surface area (Å²) in [7, 11) is 0. The van der Waals surface area contributed by atoms with E-state index in [-0.39, 0.29) is 5.91 Å². The van der Waals surface area contributed by atoms with Crippen LogP contribution in [0, 0.1) is 19.8 Å². The molecule has 1 heterocycles. The molecule has 21 heavy (non-hydrogen) atoms. The normalized spacial score (nSPS) is 11.1. The van der Waals surface area contributed by atoms with Gasteiger partial charge in [0.2, 0.25) is 5.91 Å². The van der Waals surface area contributed by atoms with Crippen LogP contribution in [0.1, 0.15) is 50.6 Å². The van der Waals surface area contributed by atoms with E-state index in [4.69, 9.17) is 0 Å². The predicted molar refractivity (Wildman–Crippen MR) is 86.2 cm³/mol. The van der Waals surface area contributed by atoms with E-state index >= 15 is 0 Å². The van der Waals surface area contributed by atoms with Gasteiger partial charge >= 0.3 is 0 Å². The van der Waals surface area contributed by atoms with Gasteiger partial charge in [0, 0.05) is 24.3 Å². The van der Waals surface area contributed by atoms with Crippen LogP contribution < -0.4 is 10.6 Å². The zero-order valence-electron chi connectivity index (χ0n) is 14.1. The summed E-state index contributed by atoms with van der Waals surface area (Å²) >= 11 is 0. The van der Waals surface area contributed by atoms with E-state index in [9.17, 15) is 4.79 Å². The van der Waals surface area contributed by atoms with Gasteiger partial charge in [0.15, 0.2) is 0 Å². The molecule has 0 atom stereocenters. The molecule has 0 spiro atoms. The largest absolute Gasteiger partial charge is 0.354 e. The van der Waals surface area contributed by atoms with Crippen molar-refractivity contribution in [2.75, 3.05) is 13.1 Å². The number of rotatable bonds is 9. The monoisotopic (exact) mass is 294 g/mol. The van der Waals surface area contributed by atoms with Gasteiger partial charge in [-0.1, -0.05) is 27.2 Å². The lowest BCUT2D eigenvalue weighted by atomic mass is 10.2. The average Bonchev–Trinajstić information content (AvgIpc) is 2.66. The number of unbranched alkanes of at least 4 members (excludes halogenated alkanes) is 1. The highest BCUT2D eigenvalue weighted by Crippen LogP contribution is 2.12. The smallest absolute Gasteiger partial charge is 0.241 e. The molecule has 0 fully saturated rings. The highest BCUT2D eigenvalue weighted by Gasteiger charge is 2.13. The molecule has 1 rings (SSSR count). The van der Waals surface area contributed by atoms with Crippen LogP contribution in [0.15, 0.2) is 0 Å². The Labute approximate surface area is 128 Å². The summed E-state index contributed by atoms with van der Waals surface area (Å²) in [5.74, 6) is 0.667. The van der Waals surface area contributed by atoms with Crippen LogP contribution in [0.4, 0.5) is 0 Å². The van der Waals surface area contributed by atoms with Gasteiger partial charge in [-0.15, -0.1) is 0 Å². The van der Waals surface area contributed by atoms with Crippen molar-refractivity contribution in [1.29, 1.82) is 0 Å². The van der Waals surface area contributed by atoms with Crippen LogP contribution >= 0.6 is 0 Å². The molecule has 120 valence electrons. The van der Waals surface area contributed by atoms with Crippen LogP contribution in [0.5, 0.6) is 0 Å². The van der Waals surface area contributed by atoms with Gasteiger partial charge in [0.05, 0.1) is 5.69 Å². The van der Waals surface area contributed by atoms with Crippen molar-refractivity contribution in [2.45, 2.75) is 60.5 Å². The Kier molecular flexibility index (Phi) is 7.43. The second-order valence-corrected chi connectivity index (χ2v) is 6.04. The highest BCUT2D eigenvalue weighted by atomic mass is 16.2. The van der Waals surface area contributed by atoms with Crippen molar-refractivity contribution >= 4 is 5.91 Å². The van der Waals surface area contributed by atoms with Crippen LogP contribution in [0.2, 0.25) is 0 Å². The van der Waals surface area contributed by atoms with E-state index in [1.54, 1.807) is 0 Å². The van der Waals surface area contributed by atoms with Gasteiger partial charge in [-0.2, -0.15) is 5.10 Å². The summed E-state index contributed by atoms with van der Waals surface area (Å²) in [5, 5.41) is 10.9. The summed E-state index contributed by atoms with van der Waals surface area (Å²) in [6, 6.07) is 0. The van der Waals surface area contributed by atoms with Gasteiger partial charge in [0.1, 0.15) is 6.54 Å². The molecule has 1 amide bonds. The number of hydrogen-bond acceptors (Lipinski definition) is 3. The molecule has 1 aromatic rings. The van der Waals surface area contributed by atoms with Crippen molar-refractivity contribution in [2.24, 2.45) is 5.92 Å². The molecule has 5 nitrogen and oxygen atoms in total. The lowest BCUT2D eigenvalue weighted by Gasteiger charge is -2.09. The van der Waals surface area contributed by atoms with Gasteiger partial charge in [-0.05, 0) is 32.7 Å². The first-order valence-corrected chi connectivity index (χ1v) is 7.96. The second-order valence-electron chi connectivity index (χ2n) is 6.04. The van der Waals surface area contributed by atoms with E-state index in [0.717, 1.165) is 43.9 Å². The Balaban J connectivity index is 2.58. The van der Waals surface area contributed by atoms with E-state index in [2.05, 4.69) is 36.5 Å². The minimum Gasteiger partial charge on any atom is -0.354 e. The fourth-order valence-electron chi connectivity index (χ4n) is 2.23. The number of hydrogen-bond donors (Lipinski definition) is 2. The molecule has 0 saturated heterocycles. The highest BCUT2D eigenvalue weighted by molar-refractivity contribution is 5.75. The first-order chi connectivity index (χ1) is 9.95. The summed E-state index contributed by atoms with van der Waals surface area (Å²) in [6.45, 7) is 13.4. The standard InChI is InChI=1S/C16H30N4O/c1-6-7-8-18-16(21)11-20-14(5)15(13(4)19-20)10-17-9-12(2)3/h12,17H,6-11H2,1-5H3,(H,18,21). The number of aromatic nitrogens is 2. The Morgan fingerprint density at radius 3 is 2.67 bits per heavy atom. The average molecular weight is 294 g/mol. The van der Waals surface area contributed by atoms with Crippen molar-refractivity contribution in [3.63, 3.8) is 0 Å². The molecule has 0 aliphatic heterocycles. The lowest BCUT2D eigenvalue weighted by Crippen LogP contribution is -2.29. The summed E-state index contributed by atoms with van der Waals surface area (Å²) in [5.41, 5.74) is 3.29. The third kappa shape index (κ3) is 5.87. The molecular weight excluding hydrogens is 264 g/mol. The van der Waals surface area contributed by atoms with E-state index in [0.29, 0.717) is 12.5 Å². The molecular formula is C16H30N4O. The number of carbonyl (C=O) groups excluding carboxylic acids is 1. The second kappa shape index (κ2) is 8.82. The van der Waals surface area contributed by atoms with Gasteiger partial charge in [-0.25, -0.2) is 0 Å². The van der Waals surface area contributed by atoms with Crippen LogP contribution in [-0.2, 0) is 17.9 Å². The Morgan fingerprint density at radius 2 is 2.05 bits per heavy atom. The number of nitrogens with one attached hydrogen (secondary N) is 2. The number of amides is 1. The maximum atomic E-state index is 11.9. The predicted octanol–water partition coefficient (Wildman–Crippen LogP) is 2.16. The lowest BCUT2D eigenvalue weighted by molar-refractivity contribution is -0.121. The molecule has 0 aromatic carbocycles. The van der Waals surface area contributed by atoms with Gasteiger partial charge in [0.25, 0.3) is 0 Å². The molecule has 0 aliphatic rings. The summed E-state index contributed by atoms with van der Waals surface area (Å²) < 4.78 is 1.81. The van der Waals surface area contributed by atoms with Gasteiger partial charge in [-0.3, -0.25) is 9.48 Å². The Hall–Kier alpha value is -1.36. The molecule has 0 bridgehead atoms. The molecule has 0 aliphatic carbocycles. The Morgan fingerprint density at radius 1 is 1.33 bits per heavy atom. The van der Waals surface area contributed by atoms with Crippen molar-refractivity contribution in [1.82, 2.24) is 20.4 Å². The number of carbonyl (C=O) groups is 1. The maximum Gasteiger partial charge on any atom is 0.241 e. The summed E-state index contributed by atoms with van der Waals surface area (Å²) in [6.07, 6.45) is 2.11. The topological polar surface area (TPSA) is 59.0 Å². The molecule has 2 N–H and O–H groups in total. The third-order valence-electron chi connectivity index (χ3n) is 3.53. The van der Waals surface area contributed by atoms with E-state index in [1.165, 1.54) is 5.56 Å². The minimum atomic E-state index is 0.0377. The first kappa shape index (κ1) is 17.7. The van der Waals surface area contributed by atoms with Crippen LogP contribution in [0.3, 0.4) is 0 Å². The Bertz CT molecular complexity index is 451. The molecule has 5 heteroatoms.